The van der Waals surface area contributed by atoms with E-state index in [2.05, 4.69) is 4.74 Å². The van der Waals surface area contributed by atoms with Gasteiger partial charge in [0.2, 0.25) is 0 Å². The average Bonchev–Trinajstić information content (AvgIpc) is 2.18. The van der Waals surface area contributed by atoms with E-state index in [-0.39, 0.29) is 10.6 Å². The first-order chi connectivity index (χ1) is 7.27. The van der Waals surface area contributed by atoms with Gasteiger partial charge in [0.25, 0.3) is 0 Å². The first-order valence-corrected chi connectivity index (χ1v) is 4.39. The van der Waals surface area contributed by atoms with Crippen LogP contribution in [0.2, 0.25) is 5.02 Å². The highest BCUT2D eigenvalue weighted by Crippen LogP contribution is 2.36. The van der Waals surface area contributed by atoms with Crippen LogP contribution in [0.3, 0.4) is 0 Å². The molecule has 0 spiro atoms. The molecule has 0 unspecified atom stereocenters. The number of esters is 1. The largest absolute Gasteiger partial charge is 0.465 e. The maximum absolute atomic E-state index is 12.4. The van der Waals surface area contributed by atoms with E-state index >= 15 is 0 Å². The Bertz CT molecular complexity index is 431. The molecule has 1 rings (SSSR count). The van der Waals surface area contributed by atoms with E-state index in [0.29, 0.717) is 6.07 Å². The van der Waals surface area contributed by atoms with Crippen LogP contribution < -0.4 is 5.73 Å². The van der Waals surface area contributed by atoms with Crippen molar-refractivity contribution < 1.29 is 22.7 Å². The van der Waals surface area contributed by atoms with Gasteiger partial charge in [0, 0.05) is 5.69 Å². The second-order valence-electron chi connectivity index (χ2n) is 2.91. The van der Waals surface area contributed by atoms with E-state index in [4.69, 9.17) is 17.3 Å². The Morgan fingerprint density at radius 1 is 1.44 bits per heavy atom. The number of nitrogens with two attached hydrogens (primary N) is 1. The van der Waals surface area contributed by atoms with E-state index in [1.54, 1.807) is 0 Å². The number of methoxy groups -OCH3 is 1. The van der Waals surface area contributed by atoms with Crippen molar-refractivity contribution in [1.29, 1.82) is 0 Å². The van der Waals surface area contributed by atoms with Gasteiger partial charge < -0.3 is 10.5 Å². The topological polar surface area (TPSA) is 52.3 Å². The lowest BCUT2D eigenvalue weighted by Gasteiger charge is -2.12. The molecule has 0 aliphatic heterocycles. The summed E-state index contributed by atoms with van der Waals surface area (Å²) in [5.74, 6) is -0.842. The molecule has 0 atom stereocenters. The van der Waals surface area contributed by atoms with Crippen LogP contribution in [0.25, 0.3) is 0 Å². The summed E-state index contributed by atoms with van der Waals surface area (Å²) in [7, 11) is 1.09. The van der Waals surface area contributed by atoms with Crippen molar-refractivity contribution in [2.24, 2.45) is 0 Å². The van der Waals surface area contributed by atoms with Crippen LogP contribution in [0.4, 0.5) is 18.9 Å². The number of benzene rings is 1. The zero-order chi connectivity index (χ0) is 12.5. The fourth-order valence-corrected chi connectivity index (χ4v) is 1.34. The summed E-state index contributed by atoms with van der Waals surface area (Å²) in [6, 6.07) is 1.44. The summed E-state index contributed by atoms with van der Waals surface area (Å²) < 4.78 is 41.5. The predicted octanol–water partition coefficient (Wildman–Crippen LogP) is 2.73. The Hall–Kier alpha value is -1.43. The van der Waals surface area contributed by atoms with Crippen LogP contribution in [-0.4, -0.2) is 13.1 Å². The highest BCUT2D eigenvalue weighted by molar-refractivity contribution is 6.33. The molecule has 0 heterocycles. The first kappa shape index (κ1) is 12.6. The van der Waals surface area contributed by atoms with Crippen LogP contribution in [0.5, 0.6) is 0 Å². The molecule has 0 saturated heterocycles. The van der Waals surface area contributed by atoms with Gasteiger partial charge in [-0.2, -0.15) is 13.2 Å². The van der Waals surface area contributed by atoms with E-state index in [1.165, 1.54) is 0 Å². The SMILES string of the molecule is COC(=O)c1cc(N)c(C(F)(F)F)cc1Cl. The summed E-state index contributed by atoms with van der Waals surface area (Å²) in [5.41, 5.74) is 3.33. The lowest BCUT2D eigenvalue weighted by Crippen LogP contribution is -2.11. The molecule has 0 bridgehead atoms. The summed E-state index contributed by atoms with van der Waals surface area (Å²) >= 11 is 5.52. The van der Waals surface area contributed by atoms with Gasteiger partial charge in [-0.05, 0) is 12.1 Å². The summed E-state index contributed by atoms with van der Waals surface area (Å²) in [6.07, 6.45) is -4.61. The molecular formula is C9H7ClF3NO2. The minimum Gasteiger partial charge on any atom is -0.465 e. The third kappa shape index (κ3) is 2.38. The van der Waals surface area contributed by atoms with Gasteiger partial charge in [-0.1, -0.05) is 11.6 Å². The van der Waals surface area contributed by atoms with Gasteiger partial charge in [-0.25, -0.2) is 4.79 Å². The monoisotopic (exact) mass is 253 g/mol. The molecule has 0 aliphatic rings. The zero-order valence-electron chi connectivity index (χ0n) is 8.06. The first-order valence-electron chi connectivity index (χ1n) is 4.02. The molecule has 0 amide bonds. The standard InChI is InChI=1S/C9H7ClF3NO2/c1-16-8(15)4-2-7(14)5(3-6(4)10)9(11,12)13/h2-3H,14H2,1H3. The molecule has 7 heteroatoms. The minimum atomic E-state index is -4.61. The van der Waals surface area contributed by atoms with E-state index < -0.39 is 23.4 Å². The van der Waals surface area contributed by atoms with Crippen molar-refractivity contribution in [1.82, 2.24) is 0 Å². The highest BCUT2D eigenvalue weighted by Gasteiger charge is 2.34. The van der Waals surface area contributed by atoms with Gasteiger partial charge in [0.15, 0.2) is 0 Å². The number of carbonyl (C=O) groups excluding carboxylic acids is 1. The molecule has 1 aromatic carbocycles. The predicted molar refractivity (Wildman–Crippen MR) is 52.2 cm³/mol. The molecule has 0 radical (unpaired) electrons. The minimum absolute atomic E-state index is 0.199. The fraction of sp³-hybridized carbons (Fsp3) is 0.222. The molecule has 0 aromatic heterocycles. The van der Waals surface area contributed by atoms with Crippen molar-refractivity contribution in [3.63, 3.8) is 0 Å². The third-order valence-corrected chi connectivity index (χ3v) is 2.16. The molecule has 0 fully saturated rings. The van der Waals surface area contributed by atoms with Crippen LogP contribution in [0.15, 0.2) is 12.1 Å². The fourth-order valence-electron chi connectivity index (χ4n) is 1.10. The number of alkyl halides is 3. The van der Waals surface area contributed by atoms with E-state index in [1.807, 2.05) is 0 Å². The molecule has 16 heavy (non-hydrogen) atoms. The van der Waals surface area contributed by atoms with Crippen LogP contribution in [-0.2, 0) is 10.9 Å². The summed E-state index contributed by atoms with van der Waals surface area (Å²) in [5, 5.41) is -0.353. The van der Waals surface area contributed by atoms with E-state index in [9.17, 15) is 18.0 Å². The van der Waals surface area contributed by atoms with Crippen molar-refractivity contribution in [2.75, 3.05) is 12.8 Å². The Labute approximate surface area is 93.9 Å². The number of halogens is 4. The smallest absolute Gasteiger partial charge is 0.418 e. The van der Waals surface area contributed by atoms with Gasteiger partial charge in [0.05, 0.1) is 23.3 Å². The van der Waals surface area contributed by atoms with Crippen molar-refractivity contribution in [3.8, 4) is 0 Å². The van der Waals surface area contributed by atoms with Gasteiger partial charge in [0.1, 0.15) is 0 Å². The van der Waals surface area contributed by atoms with Gasteiger partial charge in [-0.15, -0.1) is 0 Å². The van der Waals surface area contributed by atoms with Crippen LogP contribution in [0.1, 0.15) is 15.9 Å². The van der Waals surface area contributed by atoms with Gasteiger partial charge >= 0.3 is 12.1 Å². The summed E-state index contributed by atoms with van der Waals surface area (Å²) in [4.78, 5) is 11.1. The molecular weight excluding hydrogens is 247 g/mol. The maximum atomic E-state index is 12.4. The molecule has 88 valence electrons. The number of rotatable bonds is 1. The molecule has 0 saturated carbocycles. The molecule has 2 N–H and O–H groups in total. The quantitative estimate of drug-likeness (QED) is 0.618. The number of nitrogen functional groups attached to an aromatic ring is 1. The van der Waals surface area contributed by atoms with Gasteiger partial charge in [-0.3, -0.25) is 0 Å². The molecule has 0 aliphatic carbocycles. The number of anilines is 1. The number of ether oxygens (including phenoxy) is 1. The van der Waals surface area contributed by atoms with Crippen molar-refractivity contribution >= 4 is 23.3 Å². The number of hydrogen-bond donors (Lipinski definition) is 1. The lowest BCUT2D eigenvalue weighted by atomic mass is 10.1. The second kappa shape index (κ2) is 4.21. The van der Waals surface area contributed by atoms with Crippen molar-refractivity contribution in [3.05, 3.63) is 28.3 Å². The number of carbonyl (C=O) groups is 1. The maximum Gasteiger partial charge on any atom is 0.418 e. The van der Waals surface area contributed by atoms with E-state index in [0.717, 1.165) is 13.2 Å². The number of hydrogen-bond acceptors (Lipinski definition) is 3. The Balaban J connectivity index is 3.33. The Morgan fingerprint density at radius 2 is 2.00 bits per heavy atom. The lowest BCUT2D eigenvalue weighted by molar-refractivity contribution is -0.136. The summed E-state index contributed by atoms with van der Waals surface area (Å²) in [6.45, 7) is 0. The van der Waals surface area contributed by atoms with Crippen LogP contribution in [0, 0.1) is 0 Å². The van der Waals surface area contributed by atoms with Crippen molar-refractivity contribution in [2.45, 2.75) is 6.18 Å². The molecule has 3 nitrogen and oxygen atoms in total. The average molecular weight is 254 g/mol. The van der Waals surface area contributed by atoms with Crippen LogP contribution >= 0.6 is 11.6 Å². The highest BCUT2D eigenvalue weighted by atomic mass is 35.5. The third-order valence-electron chi connectivity index (χ3n) is 1.85. The Kier molecular flexibility index (Phi) is 3.32. The Morgan fingerprint density at radius 3 is 2.44 bits per heavy atom. The second-order valence-corrected chi connectivity index (χ2v) is 3.32. The molecule has 1 aromatic rings. The zero-order valence-corrected chi connectivity index (χ0v) is 8.82. The normalized spacial score (nSPS) is 11.3.